The molecule has 5 rings (SSSR count). The summed E-state index contributed by atoms with van der Waals surface area (Å²) >= 11 is 8.42. The van der Waals surface area contributed by atoms with Crippen molar-refractivity contribution in [2.24, 2.45) is 0 Å². The Morgan fingerprint density at radius 3 is 2.75 bits per heavy atom. The molecule has 2 aromatic carbocycles. The van der Waals surface area contributed by atoms with Crippen LogP contribution in [0.25, 0.3) is 0 Å². The smallest absolute Gasteiger partial charge is 0.275 e. The fourth-order valence-electron chi connectivity index (χ4n) is 4.32. The molecular formula is C23H20ClN3O4S. The number of carbonyl (C=O) groups excluding carboxylic acids is 1. The lowest BCUT2D eigenvalue weighted by atomic mass is 9.94. The van der Waals surface area contributed by atoms with E-state index in [1.807, 2.05) is 47.5 Å². The van der Waals surface area contributed by atoms with Crippen molar-refractivity contribution in [3.05, 3.63) is 91.9 Å². The Kier molecular flexibility index (Phi) is 5.16. The third-order valence-corrected chi connectivity index (χ3v) is 7.31. The van der Waals surface area contributed by atoms with Crippen LogP contribution >= 0.6 is 23.4 Å². The van der Waals surface area contributed by atoms with E-state index in [1.165, 1.54) is 17.8 Å². The van der Waals surface area contributed by atoms with E-state index in [-0.39, 0.29) is 17.9 Å². The monoisotopic (exact) mass is 469 g/mol. The van der Waals surface area contributed by atoms with Crippen LogP contribution in [0.1, 0.15) is 51.8 Å². The van der Waals surface area contributed by atoms with Gasteiger partial charge in [0.1, 0.15) is 12.7 Å². The predicted molar refractivity (Wildman–Crippen MR) is 123 cm³/mol. The van der Waals surface area contributed by atoms with Gasteiger partial charge >= 0.3 is 0 Å². The number of fused-ring (bicyclic) bond motifs is 3. The minimum atomic E-state index is -1.12. The van der Waals surface area contributed by atoms with Gasteiger partial charge in [-0.1, -0.05) is 41.9 Å². The van der Waals surface area contributed by atoms with Gasteiger partial charge in [0, 0.05) is 33.0 Å². The SMILES string of the molecule is CC(O)c1cn2c(c(O)c1=O)C(=O)NCN2[C@@H]1c2ccccc2SCc2cccc(Cl)c21. The van der Waals surface area contributed by atoms with Gasteiger partial charge in [0.05, 0.1) is 6.10 Å². The summed E-state index contributed by atoms with van der Waals surface area (Å²) < 4.78 is 1.47. The number of nitrogens with zero attached hydrogens (tertiary/aromatic N) is 2. The number of carbonyl (C=O) groups is 1. The molecule has 3 aromatic rings. The molecule has 0 fully saturated rings. The molecule has 7 nitrogen and oxygen atoms in total. The number of benzene rings is 2. The average molecular weight is 470 g/mol. The first-order valence-corrected chi connectivity index (χ1v) is 11.5. The highest BCUT2D eigenvalue weighted by atomic mass is 35.5. The Hall–Kier alpha value is -2.94. The van der Waals surface area contributed by atoms with Crippen molar-refractivity contribution in [1.82, 2.24) is 9.99 Å². The van der Waals surface area contributed by atoms with Crippen LogP contribution in [0.5, 0.6) is 5.75 Å². The summed E-state index contributed by atoms with van der Waals surface area (Å²) in [5.74, 6) is -0.532. The maximum absolute atomic E-state index is 12.6. The van der Waals surface area contributed by atoms with Gasteiger partial charge in [-0.15, -0.1) is 11.8 Å². The molecule has 1 amide bonds. The molecule has 0 radical (unpaired) electrons. The average Bonchev–Trinajstić information content (AvgIpc) is 2.94. The summed E-state index contributed by atoms with van der Waals surface area (Å²) in [6.45, 7) is 1.56. The van der Waals surface area contributed by atoms with E-state index in [2.05, 4.69) is 5.32 Å². The topological polar surface area (TPSA) is 94.8 Å². The number of hydrogen-bond donors (Lipinski definition) is 3. The second-order valence-electron chi connectivity index (χ2n) is 7.78. The number of rotatable bonds is 2. The number of amides is 1. The van der Waals surface area contributed by atoms with E-state index < -0.39 is 29.2 Å². The van der Waals surface area contributed by atoms with E-state index in [4.69, 9.17) is 11.6 Å². The van der Waals surface area contributed by atoms with Crippen LogP contribution in [0.15, 0.2) is 58.4 Å². The Bertz CT molecular complexity index is 1310. The number of thioether (sulfide) groups is 1. The largest absolute Gasteiger partial charge is 0.502 e. The van der Waals surface area contributed by atoms with Gasteiger partial charge in [-0.25, -0.2) is 0 Å². The van der Waals surface area contributed by atoms with Gasteiger partial charge in [0.2, 0.25) is 5.43 Å². The molecule has 0 aliphatic carbocycles. The molecule has 0 bridgehead atoms. The van der Waals surface area contributed by atoms with Crippen LogP contribution in [-0.2, 0) is 5.75 Å². The van der Waals surface area contributed by atoms with Crippen LogP contribution in [0.3, 0.4) is 0 Å². The number of pyridine rings is 1. The molecule has 3 heterocycles. The Balaban J connectivity index is 1.82. The number of halogens is 1. The molecule has 9 heteroatoms. The predicted octanol–water partition coefficient (Wildman–Crippen LogP) is 3.29. The summed E-state index contributed by atoms with van der Waals surface area (Å²) in [4.78, 5) is 26.3. The maximum atomic E-state index is 12.6. The number of nitrogens with one attached hydrogen (secondary N) is 1. The Morgan fingerprint density at radius 2 is 1.97 bits per heavy atom. The van der Waals surface area contributed by atoms with E-state index in [0.29, 0.717) is 5.02 Å². The van der Waals surface area contributed by atoms with Gasteiger partial charge in [-0.2, -0.15) is 0 Å². The summed E-state index contributed by atoms with van der Waals surface area (Å²) in [5.41, 5.74) is 2.01. The van der Waals surface area contributed by atoms with Crippen molar-refractivity contribution in [2.45, 2.75) is 29.7 Å². The summed E-state index contributed by atoms with van der Waals surface area (Å²) in [6, 6.07) is 13.3. The molecule has 0 saturated heterocycles. The quantitative estimate of drug-likeness (QED) is 0.533. The van der Waals surface area contributed by atoms with E-state index in [1.54, 1.807) is 11.8 Å². The van der Waals surface area contributed by atoms with Crippen molar-refractivity contribution >= 4 is 29.3 Å². The molecular weight excluding hydrogens is 450 g/mol. The number of aliphatic hydroxyl groups excluding tert-OH is 1. The van der Waals surface area contributed by atoms with Crippen LogP contribution in [0, 0.1) is 0 Å². The molecule has 3 N–H and O–H groups in total. The third-order valence-electron chi connectivity index (χ3n) is 5.85. The summed E-state index contributed by atoms with van der Waals surface area (Å²) in [7, 11) is 0. The van der Waals surface area contributed by atoms with Crippen molar-refractivity contribution < 1.29 is 15.0 Å². The van der Waals surface area contributed by atoms with Crippen molar-refractivity contribution in [2.75, 3.05) is 11.7 Å². The molecule has 1 aromatic heterocycles. The fraction of sp³-hybridized carbons (Fsp3) is 0.217. The highest BCUT2D eigenvalue weighted by Gasteiger charge is 2.37. The fourth-order valence-corrected chi connectivity index (χ4v) is 5.70. The second kappa shape index (κ2) is 7.88. The lowest BCUT2D eigenvalue weighted by Gasteiger charge is -2.40. The highest BCUT2D eigenvalue weighted by Crippen LogP contribution is 2.44. The number of aliphatic hydroxyl groups is 1. The molecule has 2 aliphatic heterocycles. The van der Waals surface area contributed by atoms with Gasteiger partial charge in [0.25, 0.3) is 5.91 Å². The van der Waals surface area contributed by atoms with Crippen LogP contribution < -0.4 is 15.8 Å². The third kappa shape index (κ3) is 3.18. The molecule has 164 valence electrons. The number of aromatic hydroxyl groups is 1. The minimum Gasteiger partial charge on any atom is -0.502 e. The van der Waals surface area contributed by atoms with Crippen LogP contribution in [0.4, 0.5) is 0 Å². The molecule has 2 atom stereocenters. The Morgan fingerprint density at radius 1 is 1.19 bits per heavy atom. The maximum Gasteiger partial charge on any atom is 0.275 e. The zero-order chi connectivity index (χ0) is 22.6. The first-order valence-electron chi connectivity index (χ1n) is 10.1. The Labute approximate surface area is 193 Å². The molecule has 2 aliphatic rings. The van der Waals surface area contributed by atoms with Crippen LogP contribution in [0.2, 0.25) is 5.02 Å². The first kappa shape index (κ1) is 20.9. The summed E-state index contributed by atoms with van der Waals surface area (Å²) in [6.07, 6.45) is 0.309. The number of aromatic nitrogens is 1. The molecule has 32 heavy (non-hydrogen) atoms. The van der Waals surface area contributed by atoms with Crippen molar-refractivity contribution in [3.63, 3.8) is 0 Å². The zero-order valence-electron chi connectivity index (χ0n) is 17.1. The standard InChI is InChI=1S/C23H20ClN3O4S/c1-12(28)15-9-26-20(22(30)21(15)29)23(31)25-11-27(26)19-14-6-2-3-8-17(14)32-10-13-5-4-7-16(24)18(13)19/h2-9,12,19,28,30H,10-11H2,1H3,(H,25,31)/t12?,19-/m1/s1. The van der Waals surface area contributed by atoms with Gasteiger partial charge in [-0.3, -0.25) is 19.3 Å². The van der Waals surface area contributed by atoms with Crippen LogP contribution in [-0.4, -0.2) is 27.5 Å². The minimum absolute atomic E-state index is 0.00149. The van der Waals surface area contributed by atoms with Gasteiger partial charge in [-0.05, 0) is 30.2 Å². The normalized spacial score (nSPS) is 18.2. The second-order valence-corrected chi connectivity index (χ2v) is 9.20. The van der Waals surface area contributed by atoms with E-state index in [0.717, 1.165) is 27.3 Å². The lowest BCUT2D eigenvalue weighted by molar-refractivity contribution is 0.0914. The first-order chi connectivity index (χ1) is 15.4. The van der Waals surface area contributed by atoms with Gasteiger partial charge < -0.3 is 15.5 Å². The summed E-state index contributed by atoms with van der Waals surface area (Å²) in [5, 5.41) is 25.9. The lowest BCUT2D eigenvalue weighted by Crippen LogP contribution is -2.54. The van der Waals surface area contributed by atoms with E-state index >= 15 is 0 Å². The highest BCUT2D eigenvalue weighted by molar-refractivity contribution is 7.98. The van der Waals surface area contributed by atoms with Gasteiger partial charge in [0.15, 0.2) is 11.4 Å². The number of hydrogen-bond acceptors (Lipinski definition) is 6. The zero-order valence-corrected chi connectivity index (χ0v) is 18.7. The van der Waals surface area contributed by atoms with Crippen molar-refractivity contribution in [3.8, 4) is 5.75 Å². The molecule has 1 unspecified atom stereocenters. The van der Waals surface area contributed by atoms with E-state index in [9.17, 15) is 19.8 Å². The molecule has 0 saturated carbocycles. The van der Waals surface area contributed by atoms with Crippen molar-refractivity contribution in [1.29, 1.82) is 0 Å². The molecule has 0 spiro atoms.